The first-order chi connectivity index (χ1) is 14.7. The van der Waals surface area contributed by atoms with Gasteiger partial charge in [0.05, 0.1) is 14.9 Å². The molecule has 1 saturated carbocycles. The molecule has 1 amide bonds. The number of nitrogens with one attached hydrogen (secondary N) is 1. The lowest BCUT2D eigenvalue weighted by Crippen LogP contribution is -2.40. The van der Waals surface area contributed by atoms with Gasteiger partial charge in [-0.3, -0.25) is 9.59 Å². The minimum Gasteiger partial charge on any atom is -0.339 e. The number of carbonyl (C=O) groups excluding carboxylic acids is 2. The standard InChI is InChI=1S/C22H22Cl2N2O4S/c23-19-7-4-15(13-20(19)24)21(27)14-8-10-26(11-9-14)22(28)16-2-1-3-18(12-16)31(29,30)25-17-5-6-17/h1-4,7,12-14,17,25H,5-6,8-11H2. The Balaban J connectivity index is 1.40. The molecule has 0 radical (unpaired) electrons. The highest BCUT2D eigenvalue weighted by Gasteiger charge is 2.30. The molecule has 9 heteroatoms. The molecule has 1 aliphatic carbocycles. The van der Waals surface area contributed by atoms with Crippen LogP contribution >= 0.6 is 23.2 Å². The fourth-order valence-corrected chi connectivity index (χ4v) is 5.35. The number of Topliss-reactive ketones (excluding diaryl/α,β-unsaturated/α-hetero) is 1. The quantitative estimate of drug-likeness (QED) is 0.628. The van der Waals surface area contributed by atoms with Gasteiger partial charge in [-0.1, -0.05) is 29.3 Å². The molecule has 0 unspecified atom stereocenters. The first-order valence-corrected chi connectivity index (χ1v) is 12.4. The summed E-state index contributed by atoms with van der Waals surface area (Å²) in [5.74, 6) is -0.440. The largest absolute Gasteiger partial charge is 0.339 e. The molecule has 31 heavy (non-hydrogen) atoms. The van der Waals surface area contributed by atoms with Crippen LogP contribution in [0.5, 0.6) is 0 Å². The van der Waals surface area contributed by atoms with Crippen molar-refractivity contribution in [2.45, 2.75) is 36.6 Å². The fraction of sp³-hybridized carbons (Fsp3) is 0.364. The van der Waals surface area contributed by atoms with Crippen LogP contribution in [0.25, 0.3) is 0 Å². The van der Waals surface area contributed by atoms with E-state index in [1.165, 1.54) is 12.1 Å². The van der Waals surface area contributed by atoms with Crippen LogP contribution in [0.2, 0.25) is 10.0 Å². The summed E-state index contributed by atoms with van der Waals surface area (Å²) in [6.45, 7) is 0.849. The van der Waals surface area contributed by atoms with E-state index in [0.29, 0.717) is 47.1 Å². The normalized spacial score (nSPS) is 17.5. The van der Waals surface area contributed by atoms with Gasteiger partial charge in [0.1, 0.15) is 0 Å². The van der Waals surface area contributed by atoms with Crippen molar-refractivity contribution in [3.05, 3.63) is 63.6 Å². The van der Waals surface area contributed by atoms with E-state index in [1.807, 2.05) is 0 Å². The first-order valence-electron chi connectivity index (χ1n) is 10.2. The van der Waals surface area contributed by atoms with E-state index in [9.17, 15) is 18.0 Å². The van der Waals surface area contributed by atoms with Crippen molar-refractivity contribution in [3.63, 3.8) is 0 Å². The molecule has 2 aromatic rings. The Labute approximate surface area is 191 Å². The summed E-state index contributed by atoms with van der Waals surface area (Å²) >= 11 is 11.9. The lowest BCUT2D eigenvalue weighted by molar-refractivity contribution is 0.0650. The third-order valence-corrected chi connectivity index (χ3v) is 7.90. The summed E-state index contributed by atoms with van der Waals surface area (Å²) in [6, 6.07) is 10.9. The minimum atomic E-state index is -3.63. The lowest BCUT2D eigenvalue weighted by Gasteiger charge is -2.31. The highest BCUT2D eigenvalue weighted by atomic mass is 35.5. The van der Waals surface area contributed by atoms with Gasteiger partial charge in [0.2, 0.25) is 10.0 Å². The maximum absolute atomic E-state index is 12.9. The van der Waals surface area contributed by atoms with Gasteiger partial charge < -0.3 is 4.90 Å². The Kier molecular flexibility index (Phi) is 6.40. The lowest BCUT2D eigenvalue weighted by atomic mass is 9.88. The van der Waals surface area contributed by atoms with E-state index < -0.39 is 10.0 Å². The van der Waals surface area contributed by atoms with Gasteiger partial charge in [-0.15, -0.1) is 0 Å². The summed E-state index contributed by atoms with van der Waals surface area (Å²) < 4.78 is 27.5. The van der Waals surface area contributed by atoms with Crippen LogP contribution in [0, 0.1) is 5.92 Å². The van der Waals surface area contributed by atoms with Gasteiger partial charge >= 0.3 is 0 Å². The van der Waals surface area contributed by atoms with Crippen LogP contribution < -0.4 is 4.72 Å². The number of benzene rings is 2. The Bertz CT molecular complexity index is 1120. The van der Waals surface area contributed by atoms with E-state index in [-0.39, 0.29) is 28.5 Å². The number of ketones is 1. The molecule has 1 aliphatic heterocycles. The van der Waals surface area contributed by atoms with Crippen LogP contribution in [0.15, 0.2) is 47.4 Å². The van der Waals surface area contributed by atoms with Crippen molar-refractivity contribution >= 4 is 44.9 Å². The first kappa shape index (κ1) is 22.3. The number of halogens is 2. The molecule has 6 nitrogen and oxygen atoms in total. The molecule has 0 spiro atoms. The molecule has 2 fully saturated rings. The van der Waals surface area contributed by atoms with E-state index in [1.54, 1.807) is 35.2 Å². The fourth-order valence-electron chi connectivity index (χ4n) is 3.70. The smallest absolute Gasteiger partial charge is 0.253 e. The predicted octanol–water partition coefficient (Wildman–Crippen LogP) is 4.17. The van der Waals surface area contributed by atoms with Gasteiger partial charge in [-0.2, -0.15) is 0 Å². The molecule has 0 bridgehead atoms. The molecule has 1 saturated heterocycles. The molecule has 164 valence electrons. The van der Waals surface area contributed by atoms with Crippen LogP contribution in [-0.4, -0.2) is 44.1 Å². The molecule has 2 aromatic carbocycles. The Morgan fingerprint density at radius 2 is 1.61 bits per heavy atom. The van der Waals surface area contributed by atoms with Crippen molar-refractivity contribution in [1.82, 2.24) is 9.62 Å². The molecule has 1 heterocycles. The number of hydrogen-bond donors (Lipinski definition) is 1. The van der Waals surface area contributed by atoms with Gasteiger partial charge in [0, 0.05) is 36.2 Å². The number of rotatable bonds is 6. The van der Waals surface area contributed by atoms with E-state index in [2.05, 4.69) is 4.72 Å². The maximum atomic E-state index is 12.9. The van der Waals surface area contributed by atoms with Gasteiger partial charge in [-0.25, -0.2) is 13.1 Å². The van der Waals surface area contributed by atoms with Crippen LogP contribution in [0.1, 0.15) is 46.4 Å². The van der Waals surface area contributed by atoms with E-state index in [4.69, 9.17) is 23.2 Å². The second-order valence-corrected chi connectivity index (χ2v) is 10.5. The van der Waals surface area contributed by atoms with Gasteiger partial charge in [0.15, 0.2) is 5.78 Å². The summed E-state index contributed by atoms with van der Waals surface area (Å²) in [5.41, 5.74) is 0.841. The Morgan fingerprint density at radius 1 is 0.903 bits per heavy atom. The minimum absolute atomic E-state index is 0.00329. The highest BCUT2D eigenvalue weighted by molar-refractivity contribution is 7.89. The summed E-state index contributed by atoms with van der Waals surface area (Å²) in [7, 11) is -3.63. The number of carbonyl (C=O) groups is 2. The highest BCUT2D eigenvalue weighted by Crippen LogP contribution is 2.28. The molecule has 1 N–H and O–H groups in total. The average Bonchev–Trinajstić information content (AvgIpc) is 3.58. The maximum Gasteiger partial charge on any atom is 0.253 e. The Hall–Kier alpha value is -1.93. The third-order valence-electron chi connectivity index (χ3n) is 5.65. The summed E-state index contributed by atoms with van der Waals surface area (Å²) in [5, 5.41) is 0.737. The summed E-state index contributed by atoms with van der Waals surface area (Å²) in [4.78, 5) is 27.5. The topological polar surface area (TPSA) is 83.6 Å². The Morgan fingerprint density at radius 3 is 2.26 bits per heavy atom. The molecular weight excluding hydrogens is 459 g/mol. The average molecular weight is 481 g/mol. The second-order valence-electron chi connectivity index (χ2n) is 7.98. The van der Waals surface area contributed by atoms with Crippen molar-refractivity contribution in [1.29, 1.82) is 0 Å². The number of hydrogen-bond acceptors (Lipinski definition) is 4. The second kappa shape index (κ2) is 8.90. The number of likely N-dealkylation sites (tertiary alicyclic amines) is 1. The number of amides is 1. The van der Waals surface area contributed by atoms with Crippen molar-refractivity contribution in [2.24, 2.45) is 5.92 Å². The van der Waals surface area contributed by atoms with Gasteiger partial charge in [0.25, 0.3) is 5.91 Å². The SMILES string of the molecule is O=C(c1ccc(Cl)c(Cl)c1)C1CCN(C(=O)c2cccc(S(=O)(=O)NC3CC3)c2)CC1. The van der Waals surface area contributed by atoms with Crippen molar-refractivity contribution in [3.8, 4) is 0 Å². The van der Waals surface area contributed by atoms with E-state index in [0.717, 1.165) is 12.8 Å². The third kappa shape index (κ3) is 5.12. The molecule has 0 aromatic heterocycles. The van der Waals surface area contributed by atoms with Crippen LogP contribution in [0.3, 0.4) is 0 Å². The zero-order valence-corrected chi connectivity index (χ0v) is 19.0. The number of piperidine rings is 1. The zero-order chi connectivity index (χ0) is 22.2. The van der Waals surface area contributed by atoms with Crippen LogP contribution in [0.4, 0.5) is 0 Å². The monoisotopic (exact) mass is 480 g/mol. The number of sulfonamides is 1. The molecular formula is C22H22Cl2N2O4S. The summed E-state index contributed by atoms with van der Waals surface area (Å²) in [6.07, 6.45) is 2.75. The van der Waals surface area contributed by atoms with Crippen molar-refractivity contribution in [2.75, 3.05) is 13.1 Å². The molecule has 2 aliphatic rings. The molecule has 4 rings (SSSR count). The zero-order valence-electron chi connectivity index (χ0n) is 16.7. The van der Waals surface area contributed by atoms with E-state index >= 15 is 0 Å². The predicted molar refractivity (Wildman–Crippen MR) is 119 cm³/mol. The van der Waals surface area contributed by atoms with Crippen LogP contribution in [-0.2, 0) is 10.0 Å². The van der Waals surface area contributed by atoms with Crippen molar-refractivity contribution < 1.29 is 18.0 Å². The van der Waals surface area contributed by atoms with Gasteiger partial charge in [-0.05, 0) is 62.1 Å². The molecule has 0 atom stereocenters. The number of nitrogens with zero attached hydrogens (tertiary/aromatic N) is 1.